The van der Waals surface area contributed by atoms with Crippen molar-refractivity contribution < 1.29 is 9.90 Å². The van der Waals surface area contributed by atoms with Crippen molar-refractivity contribution in [2.24, 2.45) is 0 Å². The summed E-state index contributed by atoms with van der Waals surface area (Å²) in [5.41, 5.74) is 2.46. The zero-order valence-electron chi connectivity index (χ0n) is 10.7. The Morgan fingerprint density at radius 1 is 1.33 bits per heavy atom. The Morgan fingerprint density at radius 2 is 2.00 bits per heavy atom. The Kier molecular flexibility index (Phi) is 2.67. The minimum atomic E-state index is -0.922. The van der Waals surface area contributed by atoms with E-state index in [1.54, 1.807) is 11.8 Å². The molecule has 3 heteroatoms. The highest BCUT2D eigenvalue weighted by atomic mass is 16.3. The van der Waals surface area contributed by atoms with Gasteiger partial charge in [-0.25, -0.2) is 0 Å². The van der Waals surface area contributed by atoms with Crippen molar-refractivity contribution >= 4 is 11.6 Å². The summed E-state index contributed by atoms with van der Waals surface area (Å²) in [6, 6.07) is 8.17. The molecule has 1 spiro atoms. The molecule has 3 rings (SSSR count). The molecule has 1 N–H and O–H groups in total. The Hall–Kier alpha value is -1.35. The van der Waals surface area contributed by atoms with E-state index in [0.717, 1.165) is 25.1 Å². The molecule has 1 aliphatic heterocycles. The van der Waals surface area contributed by atoms with E-state index in [2.05, 4.69) is 12.1 Å². The van der Waals surface area contributed by atoms with Crippen LogP contribution in [0, 0.1) is 0 Å². The molecule has 1 aliphatic carbocycles. The van der Waals surface area contributed by atoms with E-state index in [0.29, 0.717) is 0 Å². The fourth-order valence-corrected chi connectivity index (χ4v) is 3.53. The summed E-state index contributed by atoms with van der Waals surface area (Å²) in [6.07, 6.45) is 3.88. The van der Waals surface area contributed by atoms with Gasteiger partial charge in [0.2, 0.25) is 0 Å². The van der Waals surface area contributed by atoms with Crippen molar-refractivity contribution in [3.8, 4) is 0 Å². The maximum absolute atomic E-state index is 12.1. The van der Waals surface area contributed by atoms with Gasteiger partial charge in [0.25, 0.3) is 5.91 Å². The Bertz CT molecular complexity index is 475. The number of para-hydroxylation sites is 1. The van der Waals surface area contributed by atoms with Crippen molar-refractivity contribution in [1.29, 1.82) is 0 Å². The molecule has 3 nitrogen and oxygen atoms in total. The maximum Gasteiger partial charge on any atom is 0.255 e. The molecule has 1 unspecified atom stereocenters. The third-order valence-electron chi connectivity index (χ3n) is 4.41. The number of amides is 1. The second kappa shape index (κ2) is 4.09. The molecule has 1 atom stereocenters. The summed E-state index contributed by atoms with van der Waals surface area (Å²) >= 11 is 0. The predicted molar refractivity (Wildman–Crippen MR) is 70.6 cm³/mol. The summed E-state index contributed by atoms with van der Waals surface area (Å²) in [5, 5.41) is 9.55. The van der Waals surface area contributed by atoms with E-state index in [1.807, 2.05) is 12.1 Å². The van der Waals surface area contributed by atoms with Crippen LogP contribution in [-0.4, -0.2) is 23.7 Å². The highest BCUT2D eigenvalue weighted by Gasteiger charge is 2.46. The Balaban J connectivity index is 2.04. The lowest BCUT2D eigenvalue weighted by Crippen LogP contribution is -2.40. The standard InChI is InChI=1S/C15H19NO2/c1-11(17)14(18)16-10-15(8-4-5-9-15)12-6-2-3-7-13(12)16/h2-3,6-7,11,17H,4-5,8-10H2,1H3. The normalized spacial score (nSPS) is 22.2. The molecule has 1 aromatic rings. The quantitative estimate of drug-likeness (QED) is 0.824. The number of carbonyl (C=O) groups is 1. The summed E-state index contributed by atoms with van der Waals surface area (Å²) in [5.74, 6) is -0.175. The average molecular weight is 245 g/mol. The van der Waals surface area contributed by atoms with Crippen LogP contribution in [-0.2, 0) is 10.2 Å². The number of hydrogen-bond donors (Lipinski definition) is 1. The number of hydrogen-bond acceptors (Lipinski definition) is 2. The van der Waals surface area contributed by atoms with Gasteiger partial charge in [0, 0.05) is 17.6 Å². The van der Waals surface area contributed by atoms with Gasteiger partial charge < -0.3 is 10.0 Å². The fourth-order valence-electron chi connectivity index (χ4n) is 3.53. The van der Waals surface area contributed by atoms with Crippen molar-refractivity contribution in [2.75, 3.05) is 11.4 Å². The van der Waals surface area contributed by atoms with E-state index in [4.69, 9.17) is 0 Å². The number of fused-ring (bicyclic) bond motifs is 2. The zero-order chi connectivity index (χ0) is 12.8. The van der Waals surface area contributed by atoms with Gasteiger partial charge >= 0.3 is 0 Å². The molecule has 0 radical (unpaired) electrons. The van der Waals surface area contributed by atoms with Gasteiger partial charge in [0.15, 0.2) is 0 Å². The average Bonchev–Trinajstić information content (AvgIpc) is 2.96. The van der Waals surface area contributed by atoms with E-state index < -0.39 is 6.10 Å². The highest BCUT2D eigenvalue weighted by molar-refractivity contribution is 5.98. The van der Waals surface area contributed by atoms with Crippen molar-refractivity contribution in [1.82, 2.24) is 0 Å². The second-order valence-electron chi connectivity index (χ2n) is 5.60. The first kappa shape index (κ1) is 11.7. The first-order chi connectivity index (χ1) is 8.64. The molecule has 0 bridgehead atoms. The van der Waals surface area contributed by atoms with Gasteiger partial charge in [-0.05, 0) is 31.4 Å². The fraction of sp³-hybridized carbons (Fsp3) is 0.533. The van der Waals surface area contributed by atoms with Crippen LogP contribution in [0.3, 0.4) is 0 Å². The molecule has 18 heavy (non-hydrogen) atoms. The molecule has 1 fully saturated rings. The van der Waals surface area contributed by atoms with Crippen LogP contribution < -0.4 is 4.90 Å². The minimum absolute atomic E-state index is 0.154. The van der Waals surface area contributed by atoms with Gasteiger partial charge in [-0.1, -0.05) is 31.0 Å². The summed E-state index contributed by atoms with van der Waals surface area (Å²) < 4.78 is 0. The van der Waals surface area contributed by atoms with Crippen LogP contribution in [0.5, 0.6) is 0 Å². The molecular formula is C15H19NO2. The van der Waals surface area contributed by atoms with Gasteiger partial charge in [-0.3, -0.25) is 4.79 Å². The summed E-state index contributed by atoms with van der Waals surface area (Å²) in [4.78, 5) is 13.9. The third-order valence-corrected chi connectivity index (χ3v) is 4.41. The molecule has 1 saturated carbocycles. The van der Waals surface area contributed by atoms with Gasteiger partial charge in [0.05, 0.1) is 0 Å². The van der Waals surface area contributed by atoms with Crippen LogP contribution in [0.2, 0.25) is 0 Å². The maximum atomic E-state index is 12.1. The molecule has 0 saturated heterocycles. The number of rotatable bonds is 1. The number of carbonyl (C=O) groups excluding carboxylic acids is 1. The number of aliphatic hydroxyl groups excluding tert-OH is 1. The highest BCUT2D eigenvalue weighted by Crippen LogP contribution is 2.50. The lowest BCUT2D eigenvalue weighted by Gasteiger charge is -2.25. The predicted octanol–water partition coefficient (Wildman–Crippen LogP) is 2.23. The van der Waals surface area contributed by atoms with E-state index in [1.165, 1.54) is 18.4 Å². The Morgan fingerprint density at radius 3 is 2.67 bits per heavy atom. The van der Waals surface area contributed by atoms with Gasteiger partial charge in [-0.2, -0.15) is 0 Å². The topological polar surface area (TPSA) is 40.5 Å². The lowest BCUT2D eigenvalue weighted by molar-refractivity contribution is -0.125. The molecule has 0 aromatic heterocycles. The van der Waals surface area contributed by atoms with E-state index in [-0.39, 0.29) is 11.3 Å². The SMILES string of the molecule is CC(O)C(=O)N1CC2(CCCC2)c2ccccc21. The lowest BCUT2D eigenvalue weighted by atomic mass is 9.81. The number of nitrogens with zero attached hydrogens (tertiary/aromatic N) is 1. The number of benzene rings is 1. The van der Waals surface area contributed by atoms with Crippen LogP contribution in [0.15, 0.2) is 24.3 Å². The van der Waals surface area contributed by atoms with Crippen LogP contribution >= 0.6 is 0 Å². The summed E-state index contributed by atoms with van der Waals surface area (Å²) in [7, 11) is 0. The third kappa shape index (κ3) is 1.57. The Labute approximate surface area is 107 Å². The smallest absolute Gasteiger partial charge is 0.255 e. The minimum Gasteiger partial charge on any atom is -0.384 e. The molecule has 1 aromatic carbocycles. The first-order valence-electron chi connectivity index (χ1n) is 6.73. The number of aliphatic hydroxyl groups is 1. The van der Waals surface area contributed by atoms with Crippen LogP contribution in [0.4, 0.5) is 5.69 Å². The molecule has 2 aliphatic rings. The first-order valence-corrected chi connectivity index (χ1v) is 6.73. The molecule has 1 heterocycles. The van der Waals surface area contributed by atoms with E-state index in [9.17, 15) is 9.90 Å². The van der Waals surface area contributed by atoms with Crippen molar-refractivity contribution in [3.05, 3.63) is 29.8 Å². The van der Waals surface area contributed by atoms with Gasteiger partial charge in [0.1, 0.15) is 6.10 Å². The molecule has 1 amide bonds. The van der Waals surface area contributed by atoms with Crippen molar-refractivity contribution in [2.45, 2.75) is 44.1 Å². The van der Waals surface area contributed by atoms with Gasteiger partial charge in [-0.15, -0.1) is 0 Å². The van der Waals surface area contributed by atoms with E-state index >= 15 is 0 Å². The van der Waals surface area contributed by atoms with Crippen molar-refractivity contribution in [3.63, 3.8) is 0 Å². The largest absolute Gasteiger partial charge is 0.384 e. The van der Waals surface area contributed by atoms with Crippen LogP contribution in [0.1, 0.15) is 38.2 Å². The molecular weight excluding hydrogens is 226 g/mol. The summed E-state index contributed by atoms with van der Waals surface area (Å²) in [6.45, 7) is 2.29. The zero-order valence-corrected chi connectivity index (χ0v) is 10.7. The van der Waals surface area contributed by atoms with Crippen LogP contribution in [0.25, 0.3) is 0 Å². The molecule has 96 valence electrons. The monoisotopic (exact) mass is 245 g/mol. The second-order valence-corrected chi connectivity index (χ2v) is 5.60. The number of anilines is 1.